The molecule has 0 radical (unpaired) electrons. The van der Waals surface area contributed by atoms with Crippen LogP contribution >= 0.6 is 11.3 Å². The van der Waals surface area contributed by atoms with Gasteiger partial charge in [-0.05, 0) is 45.2 Å². The van der Waals surface area contributed by atoms with Crippen LogP contribution in [-0.2, 0) is 10.4 Å². The Morgan fingerprint density at radius 3 is 2.81 bits per heavy atom. The van der Waals surface area contributed by atoms with Crippen molar-refractivity contribution in [3.8, 4) is 0 Å². The molecule has 0 aliphatic heterocycles. The summed E-state index contributed by atoms with van der Waals surface area (Å²) >= 11 is 1.47. The van der Waals surface area contributed by atoms with Gasteiger partial charge in [0.25, 0.3) is 0 Å². The summed E-state index contributed by atoms with van der Waals surface area (Å²) < 4.78 is 1.70. The molecule has 0 fully saturated rings. The quantitative estimate of drug-likeness (QED) is 0.889. The van der Waals surface area contributed by atoms with Gasteiger partial charge in [-0.1, -0.05) is 6.07 Å². The van der Waals surface area contributed by atoms with Crippen molar-refractivity contribution < 1.29 is 9.90 Å². The highest BCUT2D eigenvalue weighted by atomic mass is 32.1. The van der Waals surface area contributed by atoms with Crippen molar-refractivity contribution in [1.29, 1.82) is 0 Å². The number of rotatable bonds is 5. The average molecular weight is 307 g/mol. The summed E-state index contributed by atoms with van der Waals surface area (Å²) in [6.45, 7) is 7.50. The second-order valence-electron chi connectivity index (χ2n) is 5.52. The maximum atomic E-state index is 12.2. The van der Waals surface area contributed by atoms with Crippen LogP contribution in [0, 0.1) is 13.8 Å². The van der Waals surface area contributed by atoms with Gasteiger partial charge in [0, 0.05) is 10.6 Å². The van der Waals surface area contributed by atoms with E-state index < -0.39 is 11.6 Å². The Bertz CT molecular complexity index is 617. The lowest BCUT2D eigenvalue weighted by Crippen LogP contribution is -2.41. The van der Waals surface area contributed by atoms with Crippen molar-refractivity contribution in [3.05, 3.63) is 39.8 Å². The van der Waals surface area contributed by atoms with Crippen molar-refractivity contribution in [2.45, 2.75) is 39.3 Å². The summed E-state index contributed by atoms with van der Waals surface area (Å²) in [6, 6.07) is 5.28. The van der Waals surface area contributed by atoms with Crippen LogP contribution in [0.3, 0.4) is 0 Å². The Kier molecular flexibility index (Phi) is 4.49. The lowest BCUT2D eigenvalue weighted by Gasteiger charge is -2.23. The van der Waals surface area contributed by atoms with E-state index in [1.54, 1.807) is 18.5 Å². The van der Waals surface area contributed by atoms with Gasteiger partial charge in [-0.3, -0.25) is 9.48 Å². The minimum atomic E-state index is -1.06. The number of aromatic nitrogens is 2. The van der Waals surface area contributed by atoms with Crippen molar-refractivity contribution in [3.63, 3.8) is 0 Å². The molecule has 2 aromatic rings. The maximum absolute atomic E-state index is 12.2. The molecule has 2 rings (SSSR count). The van der Waals surface area contributed by atoms with Crippen molar-refractivity contribution in [2.75, 3.05) is 6.54 Å². The Hall–Kier alpha value is -1.66. The zero-order valence-corrected chi connectivity index (χ0v) is 13.6. The number of thiophene rings is 1. The lowest BCUT2D eigenvalue weighted by molar-refractivity contribution is -0.125. The van der Waals surface area contributed by atoms with Gasteiger partial charge in [0.2, 0.25) is 5.91 Å². The molecule has 0 unspecified atom stereocenters. The molecular weight excluding hydrogens is 286 g/mol. The van der Waals surface area contributed by atoms with Crippen LogP contribution < -0.4 is 5.32 Å². The summed E-state index contributed by atoms with van der Waals surface area (Å²) in [7, 11) is 0. The van der Waals surface area contributed by atoms with Crippen molar-refractivity contribution in [2.24, 2.45) is 0 Å². The monoisotopic (exact) mass is 307 g/mol. The van der Waals surface area contributed by atoms with Crippen molar-refractivity contribution in [1.82, 2.24) is 15.1 Å². The zero-order valence-electron chi connectivity index (χ0n) is 12.8. The second-order valence-corrected chi connectivity index (χ2v) is 6.46. The fourth-order valence-electron chi connectivity index (χ4n) is 2.23. The van der Waals surface area contributed by atoms with Crippen LogP contribution in [0.1, 0.15) is 36.2 Å². The number of aryl methyl sites for hydroxylation is 2. The Labute approximate surface area is 128 Å². The first-order valence-electron chi connectivity index (χ1n) is 6.88. The Balaban J connectivity index is 2.00. The first-order valence-corrected chi connectivity index (χ1v) is 7.76. The third-order valence-electron chi connectivity index (χ3n) is 3.45. The van der Waals surface area contributed by atoms with E-state index in [0.717, 1.165) is 16.3 Å². The molecule has 0 saturated carbocycles. The third-order valence-corrected chi connectivity index (χ3v) is 4.57. The number of amides is 1. The molecule has 0 spiro atoms. The Morgan fingerprint density at radius 1 is 1.57 bits per heavy atom. The number of hydrogen-bond donors (Lipinski definition) is 2. The predicted molar refractivity (Wildman–Crippen MR) is 83.3 cm³/mol. The van der Waals surface area contributed by atoms with E-state index in [1.807, 2.05) is 37.4 Å². The molecule has 0 saturated heterocycles. The number of nitrogens with zero attached hydrogens (tertiary/aromatic N) is 2. The topological polar surface area (TPSA) is 67.2 Å². The van der Waals surface area contributed by atoms with Gasteiger partial charge in [-0.25, -0.2) is 0 Å². The highest BCUT2D eigenvalue weighted by Crippen LogP contribution is 2.24. The highest BCUT2D eigenvalue weighted by molar-refractivity contribution is 7.10. The molecule has 2 N–H and O–H groups in total. The molecule has 0 aliphatic carbocycles. The zero-order chi connectivity index (χ0) is 15.6. The summed E-state index contributed by atoms with van der Waals surface area (Å²) in [5, 5.41) is 19.4. The fourth-order valence-corrected chi connectivity index (χ4v) is 3.02. The first-order chi connectivity index (χ1) is 9.81. The molecule has 6 heteroatoms. The molecule has 114 valence electrons. The van der Waals surface area contributed by atoms with Gasteiger partial charge in [0.1, 0.15) is 11.6 Å². The molecule has 2 atom stereocenters. The van der Waals surface area contributed by atoms with Gasteiger partial charge < -0.3 is 10.4 Å². The minimum Gasteiger partial charge on any atom is -0.383 e. The molecule has 21 heavy (non-hydrogen) atoms. The van der Waals surface area contributed by atoms with E-state index in [-0.39, 0.29) is 12.5 Å². The fraction of sp³-hybridized carbons (Fsp3) is 0.467. The molecule has 5 nitrogen and oxygen atoms in total. The summed E-state index contributed by atoms with van der Waals surface area (Å²) in [5.41, 5.74) is 0.774. The number of aliphatic hydroxyl groups is 1. The number of nitrogens with one attached hydrogen (secondary N) is 1. The lowest BCUT2D eigenvalue weighted by atomic mass is 10.1. The summed E-state index contributed by atoms with van der Waals surface area (Å²) in [4.78, 5) is 13.1. The van der Waals surface area contributed by atoms with E-state index in [4.69, 9.17) is 0 Å². The van der Waals surface area contributed by atoms with Crippen LogP contribution in [0.2, 0.25) is 0 Å². The minimum absolute atomic E-state index is 0.155. The van der Waals surface area contributed by atoms with Crippen molar-refractivity contribution >= 4 is 17.2 Å². The highest BCUT2D eigenvalue weighted by Gasteiger charge is 2.26. The van der Waals surface area contributed by atoms with E-state index in [9.17, 15) is 9.90 Å². The second kappa shape index (κ2) is 5.99. The van der Waals surface area contributed by atoms with Gasteiger partial charge in [0.15, 0.2) is 0 Å². The van der Waals surface area contributed by atoms with Gasteiger partial charge in [-0.15, -0.1) is 11.3 Å². The molecule has 0 bridgehead atoms. The standard InChI is InChI=1S/C15H21N3O2S/c1-10-8-11(2)18(17-10)12(3)14(19)16-9-15(4,20)13-6-5-7-21-13/h5-8,12,20H,9H2,1-4H3,(H,16,19)/t12-,15+/m1/s1. The summed E-state index contributed by atoms with van der Waals surface area (Å²) in [5.74, 6) is -0.155. The third kappa shape index (κ3) is 3.51. The molecule has 0 aromatic carbocycles. The molecule has 2 aromatic heterocycles. The Morgan fingerprint density at radius 2 is 2.29 bits per heavy atom. The summed E-state index contributed by atoms with van der Waals surface area (Å²) in [6.07, 6.45) is 0. The van der Waals surface area contributed by atoms with E-state index in [1.165, 1.54) is 11.3 Å². The van der Waals surface area contributed by atoms with Crippen LogP contribution in [0.5, 0.6) is 0 Å². The van der Waals surface area contributed by atoms with E-state index >= 15 is 0 Å². The average Bonchev–Trinajstić information content (AvgIpc) is 3.05. The molecular formula is C15H21N3O2S. The predicted octanol–water partition coefficient (Wildman–Crippen LogP) is 2.15. The van der Waals surface area contributed by atoms with E-state index in [0.29, 0.717) is 0 Å². The van der Waals surface area contributed by atoms with Gasteiger partial charge in [-0.2, -0.15) is 5.10 Å². The largest absolute Gasteiger partial charge is 0.383 e. The normalized spacial score (nSPS) is 15.5. The smallest absolute Gasteiger partial charge is 0.244 e. The first kappa shape index (κ1) is 15.7. The van der Waals surface area contributed by atoms with Crippen LogP contribution in [-0.4, -0.2) is 27.3 Å². The maximum Gasteiger partial charge on any atom is 0.244 e. The van der Waals surface area contributed by atoms with Gasteiger partial charge in [0.05, 0.1) is 12.2 Å². The number of carbonyl (C=O) groups excluding carboxylic acids is 1. The molecule has 2 heterocycles. The molecule has 0 aliphatic rings. The van der Waals surface area contributed by atoms with Crippen LogP contribution in [0.25, 0.3) is 0 Å². The van der Waals surface area contributed by atoms with Gasteiger partial charge >= 0.3 is 0 Å². The SMILES string of the molecule is Cc1cc(C)n([C@H](C)C(=O)NC[C@](C)(O)c2cccs2)n1. The number of hydrogen-bond acceptors (Lipinski definition) is 4. The van der Waals surface area contributed by atoms with Crippen LogP contribution in [0.15, 0.2) is 23.6 Å². The van der Waals surface area contributed by atoms with E-state index in [2.05, 4.69) is 10.4 Å². The van der Waals surface area contributed by atoms with Crippen LogP contribution in [0.4, 0.5) is 0 Å². The number of carbonyl (C=O) groups is 1. The molecule has 1 amide bonds.